The Kier molecular flexibility index (Phi) is 6.97. The fourth-order valence-corrected chi connectivity index (χ4v) is 6.50. The van der Waals surface area contributed by atoms with E-state index in [1.165, 1.54) is 23.4 Å². The van der Waals surface area contributed by atoms with Crippen LogP contribution in [-0.2, 0) is 6.54 Å². The van der Waals surface area contributed by atoms with Gasteiger partial charge in [-0.2, -0.15) is 5.26 Å². The van der Waals surface area contributed by atoms with Crippen molar-refractivity contribution in [1.29, 1.82) is 5.26 Å². The third-order valence-corrected chi connectivity index (χ3v) is 8.46. The number of nitriles is 1. The van der Waals surface area contributed by atoms with Crippen molar-refractivity contribution in [2.45, 2.75) is 44.4 Å². The fraction of sp³-hybridized carbons (Fsp3) is 0.467. The third kappa shape index (κ3) is 5.02. The lowest BCUT2D eigenvalue weighted by Gasteiger charge is -2.50. The van der Waals surface area contributed by atoms with E-state index in [9.17, 15) is 5.26 Å². The second-order valence-corrected chi connectivity index (χ2v) is 10.8. The van der Waals surface area contributed by atoms with Crippen molar-refractivity contribution >= 4 is 22.3 Å². The van der Waals surface area contributed by atoms with E-state index >= 15 is 0 Å². The molecule has 2 N–H and O–H groups in total. The number of benzene rings is 2. The summed E-state index contributed by atoms with van der Waals surface area (Å²) in [5, 5.41) is 17.9. The monoisotopic (exact) mass is 495 g/mol. The Morgan fingerprint density at radius 1 is 1.03 bits per heavy atom. The molecule has 1 aromatic heterocycles. The molecule has 4 heterocycles. The molecule has 3 aliphatic heterocycles. The molecular formula is C30H37N7. The van der Waals surface area contributed by atoms with Crippen LogP contribution in [0, 0.1) is 11.3 Å². The largest absolute Gasteiger partial charge is 0.369 e. The molecule has 3 aliphatic rings. The maximum atomic E-state index is 9.55. The first-order valence-electron chi connectivity index (χ1n) is 13.8. The van der Waals surface area contributed by atoms with Crippen LogP contribution >= 0.6 is 0 Å². The number of anilines is 2. The van der Waals surface area contributed by atoms with Crippen LogP contribution < -0.4 is 20.4 Å². The van der Waals surface area contributed by atoms with Crippen LogP contribution in [0.2, 0.25) is 0 Å². The summed E-state index contributed by atoms with van der Waals surface area (Å²) in [7, 11) is 0. The highest BCUT2D eigenvalue weighted by Gasteiger charge is 2.37. The van der Waals surface area contributed by atoms with Crippen molar-refractivity contribution in [3.8, 4) is 6.07 Å². The highest BCUT2D eigenvalue weighted by molar-refractivity contribution is 5.95. The lowest BCUT2D eigenvalue weighted by atomic mass is 9.92. The van der Waals surface area contributed by atoms with E-state index in [-0.39, 0.29) is 0 Å². The van der Waals surface area contributed by atoms with E-state index < -0.39 is 0 Å². The van der Waals surface area contributed by atoms with Gasteiger partial charge in [-0.3, -0.25) is 9.88 Å². The summed E-state index contributed by atoms with van der Waals surface area (Å²) in [6, 6.07) is 21.1. The first kappa shape index (κ1) is 24.2. The smallest absolute Gasteiger partial charge is 0.101 e. The summed E-state index contributed by atoms with van der Waals surface area (Å²) in [6.07, 6.45) is 4.14. The molecule has 0 saturated carbocycles. The maximum absolute atomic E-state index is 9.55. The summed E-state index contributed by atoms with van der Waals surface area (Å²) >= 11 is 0. The Morgan fingerprint density at radius 2 is 1.86 bits per heavy atom. The summed E-state index contributed by atoms with van der Waals surface area (Å²) in [4.78, 5) is 12.2. The number of piperidine rings is 1. The van der Waals surface area contributed by atoms with E-state index in [1.807, 2.05) is 12.1 Å². The molecule has 3 aromatic rings. The molecule has 3 fully saturated rings. The first-order valence-corrected chi connectivity index (χ1v) is 13.8. The van der Waals surface area contributed by atoms with Crippen molar-refractivity contribution in [2.75, 3.05) is 55.6 Å². The van der Waals surface area contributed by atoms with Crippen LogP contribution in [0.1, 0.15) is 30.9 Å². The van der Waals surface area contributed by atoms with E-state index in [0.29, 0.717) is 23.7 Å². The molecule has 0 unspecified atom stereocenters. The van der Waals surface area contributed by atoms with Gasteiger partial charge < -0.3 is 20.4 Å². The molecule has 2 aromatic carbocycles. The Labute approximate surface area is 220 Å². The Morgan fingerprint density at radius 3 is 2.68 bits per heavy atom. The standard InChI is InChI=1S/C30H37N7/c1-22-20-36(29-9-6-24(18-31)30-28(29)3-2-11-33-30)21-27-17-25(10-14-37(22)27)34-19-23-4-7-26(8-5-23)35-15-12-32-13-16-35/h2-9,11,22,25,27,32,34H,10,12-17,19-21H2,1H3/t22-,25-,27+/m1/s1. The fourth-order valence-electron chi connectivity index (χ4n) is 6.50. The summed E-state index contributed by atoms with van der Waals surface area (Å²) < 4.78 is 0. The summed E-state index contributed by atoms with van der Waals surface area (Å²) in [5.74, 6) is 0. The van der Waals surface area contributed by atoms with Crippen molar-refractivity contribution in [1.82, 2.24) is 20.5 Å². The summed E-state index contributed by atoms with van der Waals surface area (Å²) in [5.41, 5.74) is 5.35. The third-order valence-electron chi connectivity index (χ3n) is 8.46. The number of pyridine rings is 1. The van der Waals surface area contributed by atoms with E-state index in [0.717, 1.165) is 69.7 Å². The highest BCUT2D eigenvalue weighted by Crippen LogP contribution is 2.33. The second-order valence-electron chi connectivity index (χ2n) is 10.8. The van der Waals surface area contributed by atoms with Crippen LogP contribution in [0.25, 0.3) is 10.9 Å². The number of piperazine rings is 2. The molecule has 3 saturated heterocycles. The molecule has 0 radical (unpaired) electrons. The molecule has 0 amide bonds. The second kappa shape index (κ2) is 10.7. The Hall–Kier alpha value is -3.18. The Balaban J connectivity index is 1.11. The predicted octanol–water partition coefficient (Wildman–Crippen LogP) is 3.35. The number of hydrogen-bond donors (Lipinski definition) is 2. The zero-order chi connectivity index (χ0) is 25.2. The van der Waals surface area contributed by atoms with Gasteiger partial charge in [-0.05, 0) is 61.7 Å². The van der Waals surface area contributed by atoms with Crippen molar-refractivity contribution in [3.05, 3.63) is 65.9 Å². The average Bonchev–Trinajstić information content (AvgIpc) is 2.96. The highest BCUT2D eigenvalue weighted by atomic mass is 15.3. The molecule has 6 rings (SSSR count). The minimum Gasteiger partial charge on any atom is -0.369 e. The normalized spacial score (nSPS) is 24.6. The molecule has 7 heteroatoms. The predicted molar refractivity (Wildman–Crippen MR) is 150 cm³/mol. The zero-order valence-corrected chi connectivity index (χ0v) is 21.7. The van der Waals surface area contributed by atoms with Crippen LogP contribution in [0.4, 0.5) is 11.4 Å². The zero-order valence-electron chi connectivity index (χ0n) is 21.7. The van der Waals surface area contributed by atoms with Gasteiger partial charge in [0.15, 0.2) is 0 Å². The Bertz CT molecular complexity index is 1260. The van der Waals surface area contributed by atoms with Crippen LogP contribution in [0.5, 0.6) is 0 Å². The molecule has 3 atom stereocenters. The molecule has 7 nitrogen and oxygen atoms in total. The van der Waals surface area contributed by atoms with E-state index in [4.69, 9.17) is 0 Å². The lowest BCUT2D eigenvalue weighted by molar-refractivity contribution is 0.0701. The topological polar surface area (TPSA) is 70.5 Å². The van der Waals surface area contributed by atoms with Gasteiger partial charge in [0.1, 0.15) is 6.07 Å². The van der Waals surface area contributed by atoms with E-state index in [1.54, 1.807) is 6.20 Å². The average molecular weight is 496 g/mol. The lowest BCUT2D eigenvalue weighted by Crippen LogP contribution is -2.62. The van der Waals surface area contributed by atoms with Gasteiger partial charge in [-0.1, -0.05) is 12.1 Å². The molecule has 0 bridgehead atoms. The SMILES string of the molecule is C[C@@H]1CN(c2ccc(C#N)c3ncccc23)C[C@@H]2C[C@H](NCc3ccc(N4CCNCC4)cc3)CCN21. The summed E-state index contributed by atoms with van der Waals surface area (Å²) in [6.45, 7) is 10.7. The molecule has 192 valence electrons. The van der Waals surface area contributed by atoms with E-state index in [2.05, 4.69) is 79.7 Å². The first-order chi connectivity index (χ1) is 18.2. The number of aromatic nitrogens is 1. The minimum absolute atomic E-state index is 0.500. The minimum atomic E-state index is 0.500. The van der Waals surface area contributed by atoms with Crippen molar-refractivity contribution < 1.29 is 0 Å². The number of fused-ring (bicyclic) bond motifs is 2. The van der Waals surface area contributed by atoms with Gasteiger partial charge in [0, 0.05) is 93.4 Å². The molecular weight excluding hydrogens is 458 g/mol. The van der Waals surface area contributed by atoms with Crippen LogP contribution in [0.15, 0.2) is 54.7 Å². The van der Waals surface area contributed by atoms with Gasteiger partial charge in [0.25, 0.3) is 0 Å². The molecule has 37 heavy (non-hydrogen) atoms. The van der Waals surface area contributed by atoms with Crippen LogP contribution in [0.3, 0.4) is 0 Å². The van der Waals surface area contributed by atoms with Gasteiger partial charge in [-0.15, -0.1) is 0 Å². The van der Waals surface area contributed by atoms with Gasteiger partial charge in [0.2, 0.25) is 0 Å². The van der Waals surface area contributed by atoms with Gasteiger partial charge >= 0.3 is 0 Å². The van der Waals surface area contributed by atoms with Crippen molar-refractivity contribution in [2.24, 2.45) is 0 Å². The molecule has 0 spiro atoms. The number of nitrogens with one attached hydrogen (secondary N) is 2. The van der Waals surface area contributed by atoms with Gasteiger partial charge in [0.05, 0.1) is 11.1 Å². The van der Waals surface area contributed by atoms with Gasteiger partial charge in [-0.25, -0.2) is 0 Å². The molecule has 0 aliphatic carbocycles. The maximum Gasteiger partial charge on any atom is 0.101 e. The van der Waals surface area contributed by atoms with Crippen molar-refractivity contribution in [3.63, 3.8) is 0 Å². The number of nitrogens with zero attached hydrogens (tertiary/aromatic N) is 5. The number of hydrogen-bond acceptors (Lipinski definition) is 7. The number of rotatable bonds is 5. The van der Waals surface area contributed by atoms with Crippen LogP contribution in [-0.4, -0.2) is 73.8 Å². The quantitative estimate of drug-likeness (QED) is 0.563.